The highest BCUT2D eigenvalue weighted by molar-refractivity contribution is 6.13. The monoisotopic (exact) mass is 270 g/mol. The van der Waals surface area contributed by atoms with Crippen LogP contribution in [-0.4, -0.2) is 18.4 Å². The van der Waals surface area contributed by atoms with Crippen molar-refractivity contribution in [2.24, 2.45) is 17.3 Å². The van der Waals surface area contributed by atoms with Gasteiger partial charge in [0.2, 0.25) is 0 Å². The van der Waals surface area contributed by atoms with Crippen molar-refractivity contribution in [3.05, 3.63) is 48.0 Å². The predicted octanol–water partition coefficient (Wildman–Crippen LogP) is 3.01. The molecule has 1 saturated carbocycles. The molecule has 104 valence electrons. The van der Waals surface area contributed by atoms with Crippen LogP contribution in [0.2, 0.25) is 0 Å². The third-order valence-electron chi connectivity index (χ3n) is 4.47. The lowest BCUT2D eigenvalue weighted by Gasteiger charge is -2.31. The molecule has 3 heteroatoms. The fraction of sp³-hybridized carbons (Fsp3) is 0.412. The van der Waals surface area contributed by atoms with Gasteiger partial charge in [-0.05, 0) is 25.7 Å². The number of fused-ring (bicyclic) bond motifs is 2. The molecule has 0 amide bonds. The van der Waals surface area contributed by atoms with Gasteiger partial charge in [-0.3, -0.25) is 9.59 Å². The molecule has 2 aliphatic rings. The minimum Gasteiger partial charge on any atom is -0.465 e. The van der Waals surface area contributed by atoms with Crippen LogP contribution in [0.1, 0.15) is 30.1 Å². The lowest BCUT2D eigenvalue weighted by atomic mass is 9.70. The summed E-state index contributed by atoms with van der Waals surface area (Å²) in [5, 5.41) is 0. The molecule has 2 bridgehead atoms. The van der Waals surface area contributed by atoms with E-state index in [1.807, 2.05) is 24.3 Å². The number of allylic oxidation sites excluding steroid dienone is 2. The zero-order chi connectivity index (χ0) is 14.2. The van der Waals surface area contributed by atoms with Crippen molar-refractivity contribution in [3.63, 3.8) is 0 Å². The molecular weight excluding hydrogens is 252 g/mol. The van der Waals surface area contributed by atoms with Crippen LogP contribution in [0.4, 0.5) is 0 Å². The molecule has 3 unspecified atom stereocenters. The fourth-order valence-electron chi connectivity index (χ4n) is 3.55. The molecule has 0 aromatic heterocycles. The van der Waals surface area contributed by atoms with E-state index in [-0.39, 0.29) is 17.7 Å². The third-order valence-corrected chi connectivity index (χ3v) is 4.47. The summed E-state index contributed by atoms with van der Waals surface area (Å²) >= 11 is 0. The fourth-order valence-corrected chi connectivity index (χ4v) is 3.55. The lowest BCUT2D eigenvalue weighted by molar-refractivity contribution is -0.153. The minimum absolute atomic E-state index is 0.0146. The van der Waals surface area contributed by atoms with Crippen LogP contribution in [0, 0.1) is 17.3 Å². The summed E-state index contributed by atoms with van der Waals surface area (Å²) in [6.07, 6.45) is 5.62. The molecule has 0 radical (unpaired) electrons. The van der Waals surface area contributed by atoms with Gasteiger partial charge in [-0.25, -0.2) is 0 Å². The first kappa shape index (κ1) is 13.1. The number of ketones is 1. The van der Waals surface area contributed by atoms with Crippen molar-refractivity contribution in [2.45, 2.75) is 19.8 Å². The van der Waals surface area contributed by atoms with E-state index < -0.39 is 5.41 Å². The number of carbonyl (C=O) groups is 2. The first-order chi connectivity index (χ1) is 9.68. The number of ether oxygens (including phenoxy) is 1. The largest absolute Gasteiger partial charge is 0.465 e. The molecule has 1 aromatic rings. The number of hydrogen-bond donors (Lipinski definition) is 0. The second kappa shape index (κ2) is 4.89. The molecule has 3 nitrogen and oxygen atoms in total. The number of esters is 1. The summed E-state index contributed by atoms with van der Waals surface area (Å²) in [5.74, 6) is -0.129. The topological polar surface area (TPSA) is 43.4 Å². The third kappa shape index (κ3) is 1.80. The van der Waals surface area contributed by atoms with Crippen molar-refractivity contribution in [1.82, 2.24) is 0 Å². The summed E-state index contributed by atoms with van der Waals surface area (Å²) in [6, 6.07) is 9.08. The van der Waals surface area contributed by atoms with Crippen LogP contribution in [0.15, 0.2) is 42.5 Å². The van der Waals surface area contributed by atoms with Gasteiger partial charge in [0.25, 0.3) is 0 Å². The zero-order valence-corrected chi connectivity index (χ0v) is 11.5. The highest BCUT2D eigenvalue weighted by Gasteiger charge is 2.59. The number of hydrogen-bond acceptors (Lipinski definition) is 3. The molecule has 1 fully saturated rings. The van der Waals surface area contributed by atoms with Gasteiger partial charge in [-0.2, -0.15) is 0 Å². The van der Waals surface area contributed by atoms with E-state index in [0.29, 0.717) is 24.5 Å². The minimum atomic E-state index is -1.00. The van der Waals surface area contributed by atoms with E-state index in [1.54, 1.807) is 19.1 Å². The average Bonchev–Trinajstić information content (AvgIpc) is 3.09. The lowest BCUT2D eigenvalue weighted by Crippen LogP contribution is -2.44. The van der Waals surface area contributed by atoms with Gasteiger partial charge in [0.05, 0.1) is 6.61 Å². The van der Waals surface area contributed by atoms with Crippen LogP contribution >= 0.6 is 0 Å². The second-order valence-electron chi connectivity index (χ2n) is 5.58. The Balaban J connectivity index is 2.01. The molecule has 0 saturated heterocycles. The van der Waals surface area contributed by atoms with Crippen molar-refractivity contribution >= 4 is 11.8 Å². The second-order valence-corrected chi connectivity index (χ2v) is 5.58. The first-order valence-corrected chi connectivity index (χ1v) is 7.14. The Bertz CT molecular complexity index is 561. The van der Waals surface area contributed by atoms with Crippen LogP contribution < -0.4 is 0 Å². The van der Waals surface area contributed by atoms with E-state index in [0.717, 1.165) is 6.42 Å². The molecular formula is C17H18O3. The van der Waals surface area contributed by atoms with Gasteiger partial charge < -0.3 is 4.74 Å². The molecule has 1 aromatic carbocycles. The van der Waals surface area contributed by atoms with Crippen LogP contribution in [0.3, 0.4) is 0 Å². The maximum absolute atomic E-state index is 12.9. The van der Waals surface area contributed by atoms with E-state index >= 15 is 0 Å². The summed E-state index contributed by atoms with van der Waals surface area (Å²) in [6.45, 7) is 2.09. The van der Waals surface area contributed by atoms with Crippen molar-refractivity contribution in [3.8, 4) is 0 Å². The Hall–Kier alpha value is -1.90. The van der Waals surface area contributed by atoms with Gasteiger partial charge >= 0.3 is 5.97 Å². The smallest absolute Gasteiger partial charge is 0.320 e. The highest BCUT2D eigenvalue weighted by Crippen LogP contribution is 2.54. The summed E-state index contributed by atoms with van der Waals surface area (Å²) < 4.78 is 5.23. The number of carbonyl (C=O) groups excluding carboxylic acids is 2. The van der Waals surface area contributed by atoms with E-state index in [9.17, 15) is 9.59 Å². The Morgan fingerprint density at radius 3 is 2.55 bits per heavy atom. The molecule has 0 spiro atoms. The maximum atomic E-state index is 12.9. The van der Waals surface area contributed by atoms with Crippen LogP contribution in [0.25, 0.3) is 0 Å². The molecule has 20 heavy (non-hydrogen) atoms. The average molecular weight is 270 g/mol. The molecule has 0 N–H and O–H groups in total. The zero-order valence-electron chi connectivity index (χ0n) is 11.5. The number of rotatable bonds is 4. The quantitative estimate of drug-likeness (QED) is 0.365. The predicted molar refractivity (Wildman–Crippen MR) is 75.2 cm³/mol. The van der Waals surface area contributed by atoms with Crippen LogP contribution in [-0.2, 0) is 9.53 Å². The van der Waals surface area contributed by atoms with Gasteiger partial charge in [0, 0.05) is 11.5 Å². The maximum Gasteiger partial charge on any atom is 0.320 e. The Kier molecular flexibility index (Phi) is 3.20. The van der Waals surface area contributed by atoms with E-state index in [1.165, 1.54) is 0 Å². The van der Waals surface area contributed by atoms with Crippen molar-refractivity contribution < 1.29 is 14.3 Å². The Morgan fingerprint density at radius 2 is 2.00 bits per heavy atom. The number of benzene rings is 1. The molecule has 0 heterocycles. The Morgan fingerprint density at radius 1 is 1.25 bits per heavy atom. The van der Waals surface area contributed by atoms with E-state index in [2.05, 4.69) is 6.08 Å². The number of Topliss-reactive ketones (excluding diaryl/α,β-unsaturated/α-hetero) is 1. The molecule has 0 aliphatic heterocycles. The van der Waals surface area contributed by atoms with Crippen LogP contribution in [0.5, 0.6) is 0 Å². The normalized spacial score (nSPS) is 30.4. The highest BCUT2D eigenvalue weighted by atomic mass is 16.5. The summed E-state index contributed by atoms with van der Waals surface area (Å²) in [7, 11) is 0. The molecule has 3 atom stereocenters. The van der Waals surface area contributed by atoms with Gasteiger partial charge in [-0.15, -0.1) is 0 Å². The summed E-state index contributed by atoms with van der Waals surface area (Å²) in [5.41, 5.74) is -0.405. The van der Waals surface area contributed by atoms with Crippen molar-refractivity contribution in [2.75, 3.05) is 6.61 Å². The van der Waals surface area contributed by atoms with Gasteiger partial charge in [0.15, 0.2) is 5.78 Å². The standard InChI is InChI=1S/C17H18O3/c1-2-20-16(19)17(11-12-8-9-14(17)10-12)15(18)13-6-4-3-5-7-13/h3-9,12,14H,2,10-11H2,1H3. The van der Waals surface area contributed by atoms with Crippen molar-refractivity contribution in [1.29, 1.82) is 0 Å². The van der Waals surface area contributed by atoms with Gasteiger partial charge in [0.1, 0.15) is 5.41 Å². The van der Waals surface area contributed by atoms with Gasteiger partial charge in [-0.1, -0.05) is 42.5 Å². The Labute approximate surface area is 118 Å². The SMILES string of the molecule is CCOC(=O)C1(C(=O)c2ccccc2)CC2C=CC1C2. The summed E-state index contributed by atoms with van der Waals surface area (Å²) in [4.78, 5) is 25.4. The van der Waals surface area contributed by atoms with E-state index in [4.69, 9.17) is 4.74 Å². The molecule has 2 aliphatic carbocycles. The molecule has 3 rings (SSSR count). The first-order valence-electron chi connectivity index (χ1n) is 7.14.